The van der Waals surface area contributed by atoms with Crippen LogP contribution in [0.4, 0.5) is 4.39 Å². The second kappa shape index (κ2) is 8.47. The first-order valence-electron chi connectivity index (χ1n) is 8.58. The molecule has 1 aromatic heterocycles. The minimum Gasteiger partial charge on any atom is -0.378 e. The van der Waals surface area contributed by atoms with Gasteiger partial charge in [0.05, 0.1) is 18.3 Å². The lowest BCUT2D eigenvalue weighted by atomic mass is 10.2. The lowest BCUT2D eigenvalue weighted by molar-refractivity contribution is 0.0920. The molecular weight excluding hydrogens is 349 g/mol. The van der Waals surface area contributed by atoms with Gasteiger partial charge in [-0.1, -0.05) is 41.6 Å². The SMILES string of the molecule is Cc1ccc(-n2c(SCCOC(C)C)nnc2-c2ccccc2F)cc1. The van der Waals surface area contributed by atoms with Gasteiger partial charge in [0.15, 0.2) is 11.0 Å². The molecule has 0 atom stereocenters. The molecule has 26 heavy (non-hydrogen) atoms. The molecule has 0 amide bonds. The van der Waals surface area contributed by atoms with E-state index in [-0.39, 0.29) is 11.9 Å². The van der Waals surface area contributed by atoms with Gasteiger partial charge in [-0.3, -0.25) is 4.57 Å². The van der Waals surface area contributed by atoms with E-state index in [9.17, 15) is 4.39 Å². The maximum absolute atomic E-state index is 14.3. The first kappa shape index (κ1) is 18.6. The Morgan fingerprint density at radius 1 is 1.08 bits per heavy atom. The van der Waals surface area contributed by atoms with Crippen LogP contribution in [0.25, 0.3) is 17.1 Å². The molecule has 0 saturated carbocycles. The van der Waals surface area contributed by atoms with E-state index in [1.165, 1.54) is 6.07 Å². The summed E-state index contributed by atoms with van der Waals surface area (Å²) in [7, 11) is 0. The lowest BCUT2D eigenvalue weighted by Gasteiger charge is -2.12. The summed E-state index contributed by atoms with van der Waals surface area (Å²) in [6.45, 7) is 6.68. The number of halogens is 1. The number of ether oxygens (including phenoxy) is 1. The zero-order valence-corrected chi connectivity index (χ0v) is 16.0. The van der Waals surface area contributed by atoms with Crippen molar-refractivity contribution in [2.24, 2.45) is 0 Å². The summed E-state index contributed by atoms with van der Waals surface area (Å²) in [4.78, 5) is 0. The molecule has 2 aromatic carbocycles. The molecule has 0 aliphatic rings. The van der Waals surface area contributed by atoms with Crippen molar-refractivity contribution in [3.63, 3.8) is 0 Å². The summed E-state index contributed by atoms with van der Waals surface area (Å²) < 4.78 is 21.8. The summed E-state index contributed by atoms with van der Waals surface area (Å²) >= 11 is 1.55. The summed E-state index contributed by atoms with van der Waals surface area (Å²) in [6.07, 6.45) is 0.194. The monoisotopic (exact) mass is 371 g/mol. The molecule has 0 spiro atoms. The number of benzene rings is 2. The quantitative estimate of drug-likeness (QED) is 0.437. The van der Waals surface area contributed by atoms with Crippen LogP contribution in [-0.4, -0.2) is 33.2 Å². The van der Waals surface area contributed by atoms with Crippen molar-refractivity contribution in [3.8, 4) is 17.1 Å². The van der Waals surface area contributed by atoms with Gasteiger partial charge in [0, 0.05) is 11.4 Å². The Kier molecular flexibility index (Phi) is 6.06. The summed E-state index contributed by atoms with van der Waals surface area (Å²) in [5.74, 6) is 0.937. The van der Waals surface area contributed by atoms with Crippen molar-refractivity contribution >= 4 is 11.8 Å². The fourth-order valence-electron chi connectivity index (χ4n) is 2.52. The number of hydrogen-bond acceptors (Lipinski definition) is 4. The van der Waals surface area contributed by atoms with Gasteiger partial charge in [-0.15, -0.1) is 10.2 Å². The number of nitrogens with zero attached hydrogens (tertiary/aromatic N) is 3. The van der Waals surface area contributed by atoms with E-state index in [1.807, 2.05) is 49.6 Å². The number of aromatic nitrogens is 3. The van der Waals surface area contributed by atoms with Crippen LogP contribution in [0.5, 0.6) is 0 Å². The zero-order valence-electron chi connectivity index (χ0n) is 15.1. The van der Waals surface area contributed by atoms with E-state index in [4.69, 9.17) is 4.74 Å². The molecule has 3 aromatic rings. The van der Waals surface area contributed by atoms with Crippen LogP contribution in [0.3, 0.4) is 0 Å². The number of aryl methyl sites for hydroxylation is 1. The van der Waals surface area contributed by atoms with Crippen molar-refractivity contribution in [2.75, 3.05) is 12.4 Å². The van der Waals surface area contributed by atoms with Gasteiger partial charge in [0.2, 0.25) is 0 Å². The fourth-order valence-corrected chi connectivity index (χ4v) is 3.31. The number of hydrogen-bond donors (Lipinski definition) is 0. The molecule has 0 aliphatic heterocycles. The molecule has 1 heterocycles. The van der Waals surface area contributed by atoms with E-state index in [1.54, 1.807) is 30.0 Å². The van der Waals surface area contributed by atoms with Crippen LogP contribution >= 0.6 is 11.8 Å². The molecule has 6 heteroatoms. The van der Waals surface area contributed by atoms with Crippen molar-refractivity contribution in [1.82, 2.24) is 14.8 Å². The number of thioether (sulfide) groups is 1. The maximum atomic E-state index is 14.3. The third kappa shape index (κ3) is 4.31. The summed E-state index contributed by atoms with van der Waals surface area (Å²) in [5.41, 5.74) is 2.51. The largest absolute Gasteiger partial charge is 0.378 e. The Hall–Kier alpha value is -2.18. The van der Waals surface area contributed by atoms with E-state index in [0.29, 0.717) is 18.0 Å². The van der Waals surface area contributed by atoms with Crippen LogP contribution in [0, 0.1) is 12.7 Å². The Morgan fingerprint density at radius 3 is 2.50 bits per heavy atom. The predicted octanol–water partition coefficient (Wildman–Crippen LogP) is 4.90. The average molecular weight is 371 g/mol. The molecule has 0 bridgehead atoms. The Morgan fingerprint density at radius 2 is 1.81 bits per heavy atom. The van der Waals surface area contributed by atoms with Crippen LogP contribution in [0.2, 0.25) is 0 Å². The second-order valence-electron chi connectivity index (χ2n) is 6.22. The zero-order chi connectivity index (χ0) is 18.5. The molecule has 3 rings (SSSR count). The topological polar surface area (TPSA) is 39.9 Å². The van der Waals surface area contributed by atoms with Gasteiger partial charge in [-0.2, -0.15) is 0 Å². The van der Waals surface area contributed by atoms with E-state index in [2.05, 4.69) is 10.2 Å². The minimum atomic E-state index is -0.312. The highest BCUT2D eigenvalue weighted by molar-refractivity contribution is 7.99. The van der Waals surface area contributed by atoms with E-state index >= 15 is 0 Å². The number of rotatable bonds is 7. The molecule has 136 valence electrons. The predicted molar refractivity (Wildman–Crippen MR) is 103 cm³/mol. The first-order valence-corrected chi connectivity index (χ1v) is 9.56. The molecule has 0 aliphatic carbocycles. The standard InChI is InChI=1S/C20H22FN3OS/c1-14(2)25-12-13-26-20-23-22-19(17-6-4-5-7-18(17)21)24(20)16-10-8-15(3)9-11-16/h4-11,14H,12-13H2,1-3H3. The van der Waals surface area contributed by atoms with E-state index in [0.717, 1.165) is 22.2 Å². The maximum Gasteiger partial charge on any atom is 0.196 e. The Bertz CT molecular complexity index is 862. The van der Waals surface area contributed by atoms with Crippen molar-refractivity contribution in [3.05, 3.63) is 59.9 Å². The Balaban J connectivity index is 1.97. The van der Waals surface area contributed by atoms with Crippen LogP contribution in [-0.2, 0) is 4.74 Å². The highest BCUT2D eigenvalue weighted by Gasteiger charge is 2.18. The van der Waals surface area contributed by atoms with E-state index < -0.39 is 0 Å². The van der Waals surface area contributed by atoms with Crippen LogP contribution < -0.4 is 0 Å². The molecule has 0 saturated heterocycles. The highest BCUT2D eigenvalue weighted by Crippen LogP contribution is 2.29. The van der Waals surface area contributed by atoms with Gasteiger partial charge < -0.3 is 4.74 Å². The molecule has 0 radical (unpaired) electrons. The third-order valence-electron chi connectivity index (χ3n) is 3.81. The first-order chi connectivity index (χ1) is 12.6. The third-order valence-corrected chi connectivity index (χ3v) is 4.70. The molecule has 0 unspecified atom stereocenters. The van der Waals surface area contributed by atoms with Gasteiger partial charge >= 0.3 is 0 Å². The second-order valence-corrected chi connectivity index (χ2v) is 7.29. The normalized spacial score (nSPS) is 11.3. The van der Waals surface area contributed by atoms with Crippen molar-refractivity contribution in [1.29, 1.82) is 0 Å². The average Bonchev–Trinajstić information content (AvgIpc) is 3.03. The fraction of sp³-hybridized carbons (Fsp3) is 0.300. The Labute approximate surface area is 157 Å². The molecule has 0 fully saturated rings. The summed E-state index contributed by atoms with van der Waals surface area (Å²) in [6, 6.07) is 14.7. The van der Waals surface area contributed by atoms with Gasteiger partial charge in [-0.05, 0) is 45.0 Å². The van der Waals surface area contributed by atoms with Gasteiger partial charge in [0.25, 0.3) is 0 Å². The van der Waals surface area contributed by atoms with Gasteiger partial charge in [0.1, 0.15) is 5.82 Å². The van der Waals surface area contributed by atoms with Crippen molar-refractivity contribution in [2.45, 2.75) is 32.0 Å². The lowest BCUT2D eigenvalue weighted by Crippen LogP contribution is -2.06. The molecular formula is C20H22FN3OS. The van der Waals surface area contributed by atoms with Crippen LogP contribution in [0.1, 0.15) is 19.4 Å². The summed E-state index contributed by atoms with van der Waals surface area (Å²) in [5, 5.41) is 9.30. The molecule has 0 N–H and O–H groups in total. The van der Waals surface area contributed by atoms with Crippen LogP contribution in [0.15, 0.2) is 53.7 Å². The highest BCUT2D eigenvalue weighted by atomic mass is 32.2. The van der Waals surface area contributed by atoms with Crippen molar-refractivity contribution < 1.29 is 9.13 Å². The van der Waals surface area contributed by atoms with Gasteiger partial charge in [-0.25, -0.2) is 4.39 Å². The smallest absolute Gasteiger partial charge is 0.196 e. The molecule has 4 nitrogen and oxygen atoms in total. The minimum absolute atomic E-state index is 0.194.